The van der Waals surface area contributed by atoms with E-state index in [1.807, 2.05) is 0 Å². The summed E-state index contributed by atoms with van der Waals surface area (Å²) in [6.45, 7) is 9.15. The van der Waals surface area contributed by atoms with Crippen molar-refractivity contribution < 1.29 is 0 Å². The summed E-state index contributed by atoms with van der Waals surface area (Å²) in [4.78, 5) is 0. The Kier molecular flexibility index (Phi) is 11.4. The summed E-state index contributed by atoms with van der Waals surface area (Å²) in [7, 11) is 0. The molecule has 0 radical (unpaired) electrons. The third-order valence-corrected chi connectivity index (χ3v) is 4.71. The van der Waals surface area contributed by atoms with Crippen molar-refractivity contribution in [3.8, 4) is 0 Å². The SMILES string of the molecule is CCCCCCC(C)Nc1ccccc1NC(C)CCCCCC. The summed E-state index contributed by atoms with van der Waals surface area (Å²) in [6, 6.07) is 9.73. The van der Waals surface area contributed by atoms with Crippen LogP contribution in [0.4, 0.5) is 11.4 Å². The number of hydrogen-bond acceptors (Lipinski definition) is 2. The minimum atomic E-state index is 0.532. The molecule has 0 bridgehead atoms. The summed E-state index contributed by atoms with van der Waals surface area (Å²) in [6.07, 6.45) is 13.2. The molecule has 0 aliphatic rings. The Morgan fingerprint density at radius 2 is 1.08 bits per heavy atom. The maximum atomic E-state index is 3.71. The molecule has 1 aromatic rings. The molecule has 0 amide bonds. The summed E-state index contributed by atoms with van der Waals surface area (Å²) >= 11 is 0. The second-order valence-electron chi connectivity index (χ2n) is 7.34. The first-order valence-electron chi connectivity index (χ1n) is 10.3. The minimum absolute atomic E-state index is 0.532. The molecule has 0 saturated heterocycles. The minimum Gasteiger partial charge on any atom is -0.381 e. The molecule has 0 aliphatic heterocycles. The molecular weight excluding hydrogens is 292 g/mol. The summed E-state index contributed by atoms with van der Waals surface area (Å²) in [5, 5.41) is 7.41. The van der Waals surface area contributed by atoms with Gasteiger partial charge in [-0.2, -0.15) is 0 Å². The van der Waals surface area contributed by atoms with Crippen molar-refractivity contribution in [2.24, 2.45) is 0 Å². The zero-order valence-corrected chi connectivity index (χ0v) is 16.5. The topological polar surface area (TPSA) is 24.1 Å². The fourth-order valence-electron chi connectivity index (χ4n) is 3.16. The molecule has 2 atom stereocenters. The average molecular weight is 333 g/mol. The summed E-state index contributed by atoms with van der Waals surface area (Å²) < 4.78 is 0. The molecule has 2 unspecified atom stereocenters. The lowest BCUT2D eigenvalue weighted by Crippen LogP contribution is -2.19. The molecule has 1 aromatic carbocycles. The fourth-order valence-corrected chi connectivity index (χ4v) is 3.16. The predicted octanol–water partition coefficient (Wildman–Crippen LogP) is 7.23. The lowest BCUT2D eigenvalue weighted by molar-refractivity contribution is 0.591. The lowest BCUT2D eigenvalue weighted by atomic mass is 10.1. The van der Waals surface area contributed by atoms with E-state index in [4.69, 9.17) is 0 Å². The van der Waals surface area contributed by atoms with Crippen LogP contribution in [0.1, 0.15) is 91.9 Å². The van der Waals surface area contributed by atoms with Crippen LogP contribution in [-0.2, 0) is 0 Å². The van der Waals surface area contributed by atoms with Gasteiger partial charge in [0.2, 0.25) is 0 Å². The number of para-hydroxylation sites is 2. The second kappa shape index (κ2) is 13.1. The van der Waals surface area contributed by atoms with Crippen molar-refractivity contribution >= 4 is 11.4 Å². The third-order valence-electron chi connectivity index (χ3n) is 4.71. The van der Waals surface area contributed by atoms with Crippen molar-refractivity contribution in [3.63, 3.8) is 0 Å². The summed E-state index contributed by atoms with van der Waals surface area (Å²) in [5.74, 6) is 0. The van der Waals surface area contributed by atoms with E-state index < -0.39 is 0 Å². The highest BCUT2D eigenvalue weighted by Crippen LogP contribution is 2.24. The van der Waals surface area contributed by atoms with Crippen molar-refractivity contribution in [2.75, 3.05) is 10.6 Å². The van der Waals surface area contributed by atoms with E-state index >= 15 is 0 Å². The van der Waals surface area contributed by atoms with Crippen molar-refractivity contribution in [3.05, 3.63) is 24.3 Å². The van der Waals surface area contributed by atoms with Crippen LogP contribution in [0.25, 0.3) is 0 Å². The molecule has 2 nitrogen and oxygen atoms in total. The Bertz CT molecular complexity index is 377. The van der Waals surface area contributed by atoms with Gasteiger partial charge in [0.25, 0.3) is 0 Å². The van der Waals surface area contributed by atoms with Crippen LogP contribution in [0.2, 0.25) is 0 Å². The van der Waals surface area contributed by atoms with Gasteiger partial charge in [0, 0.05) is 12.1 Å². The predicted molar refractivity (Wildman–Crippen MR) is 110 cm³/mol. The highest BCUT2D eigenvalue weighted by atomic mass is 15.0. The van der Waals surface area contributed by atoms with Gasteiger partial charge < -0.3 is 10.6 Å². The van der Waals surface area contributed by atoms with Gasteiger partial charge in [-0.05, 0) is 38.8 Å². The van der Waals surface area contributed by atoms with Gasteiger partial charge in [-0.3, -0.25) is 0 Å². The number of anilines is 2. The van der Waals surface area contributed by atoms with Gasteiger partial charge in [0.15, 0.2) is 0 Å². The van der Waals surface area contributed by atoms with Crippen LogP contribution in [-0.4, -0.2) is 12.1 Å². The molecular formula is C22H40N2. The van der Waals surface area contributed by atoms with Crippen LogP contribution >= 0.6 is 0 Å². The summed E-state index contributed by atoms with van der Waals surface area (Å²) in [5.41, 5.74) is 2.50. The highest BCUT2D eigenvalue weighted by molar-refractivity contribution is 5.69. The third kappa shape index (κ3) is 9.20. The molecule has 0 heterocycles. The molecule has 1 rings (SSSR count). The second-order valence-corrected chi connectivity index (χ2v) is 7.34. The smallest absolute Gasteiger partial charge is 0.0578 e. The fraction of sp³-hybridized carbons (Fsp3) is 0.727. The van der Waals surface area contributed by atoms with Crippen molar-refractivity contribution in [2.45, 2.75) is 104 Å². The Labute approximate surface area is 150 Å². The zero-order chi connectivity index (χ0) is 17.6. The van der Waals surface area contributed by atoms with Gasteiger partial charge in [0.1, 0.15) is 0 Å². The van der Waals surface area contributed by atoms with Crippen LogP contribution in [0.3, 0.4) is 0 Å². The maximum Gasteiger partial charge on any atom is 0.0578 e. The first-order valence-corrected chi connectivity index (χ1v) is 10.3. The van der Waals surface area contributed by atoms with Crippen LogP contribution in [0, 0.1) is 0 Å². The zero-order valence-electron chi connectivity index (χ0n) is 16.5. The quantitative estimate of drug-likeness (QED) is 0.351. The Hall–Kier alpha value is -1.18. The van der Waals surface area contributed by atoms with Crippen molar-refractivity contribution in [1.29, 1.82) is 0 Å². The molecule has 24 heavy (non-hydrogen) atoms. The lowest BCUT2D eigenvalue weighted by Gasteiger charge is -2.21. The molecule has 0 fully saturated rings. The Morgan fingerprint density at radius 3 is 1.46 bits per heavy atom. The standard InChI is InChI=1S/C22H40N2/c1-5-7-9-11-15-19(3)23-21-17-13-14-18-22(21)24-20(4)16-12-10-8-6-2/h13-14,17-20,23-24H,5-12,15-16H2,1-4H3. The van der Waals surface area contributed by atoms with Crippen LogP contribution in [0.15, 0.2) is 24.3 Å². The number of hydrogen-bond donors (Lipinski definition) is 2. The van der Waals surface area contributed by atoms with E-state index in [0.29, 0.717) is 12.1 Å². The molecule has 2 heteroatoms. The monoisotopic (exact) mass is 332 g/mol. The van der Waals surface area contributed by atoms with E-state index in [2.05, 4.69) is 62.6 Å². The van der Waals surface area contributed by atoms with Crippen LogP contribution < -0.4 is 10.6 Å². The molecule has 0 saturated carbocycles. The molecule has 0 aromatic heterocycles. The molecule has 0 aliphatic carbocycles. The maximum absolute atomic E-state index is 3.71. The van der Waals surface area contributed by atoms with Gasteiger partial charge in [0.05, 0.1) is 11.4 Å². The van der Waals surface area contributed by atoms with Crippen LogP contribution in [0.5, 0.6) is 0 Å². The Balaban J connectivity index is 2.42. The van der Waals surface area contributed by atoms with Gasteiger partial charge in [-0.25, -0.2) is 0 Å². The van der Waals surface area contributed by atoms with Gasteiger partial charge in [-0.1, -0.05) is 77.3 Å². The number of benzene rings is 1. The number of unbranched alkanes of at least 4 members (excludes halogenated alkanes) is 6. The average Bonchev–Trinajstić information content (AvgIpc) is 2.57. The highest BCUT2D eigenvalue weighted by Gasteiger charge is 2.08. The van der Waals surface area contributed by atoms with Gasteiger partial charge in [-0.15, -0.1) is 0 Å². The first-order chi connectivity index (χ1) is 11.7. The molecule has 0 spiro atoms. The Morgan fingerprint density at radius 1 is 0.667 bits per heavy atom. The number of rotatable bonds is 14. The normalized spacial score (nSPS) is 13.5. The van der Waals surface area contributed by atoms with E-state index in [1.165, 1.54) is 75.6 Å². The van der Waals surface area contributed by atoms with Crippen molar-refractivity contribution in [1.82, 2.24) is 0 Å². The number of nitrogens with one attached hydrogen (secondary N) is 2. The van der Waals surface area contributed by atoms with E-state index in [1.54, 1.807) is 0 Å². The molecule has 138 valence electrons. The van der Waals surface area contributed by atoms with E-state index in [9.17, 15) is 0 Å². The van der Waals surface area contributed by atoms with E-state index in [0.717, 1.165) is 0 Å². The van der Waals surface area contributed by atoms with Gasteiger partial charge >= 0.3 is 0 Å². The van der Waals surface area contributed by atoms with E-state index in [-0.39, 0.29) is 0 Å². The first kappa shape index (κ1) is 20.9. The molecule has 2 N–H and O–H groups in total. The largest absolute Gasteiger partial charge is 0.381 e.